The Morgan fingerprint density at radius 1 is 0.971 bits per heavy atom. The van der Waals surface area contributed by atoms with Crippen molar-refractivity contribution < 1.29 is 9.18 Å². The van der Waals surface area contributed by atoms with Crippen LogP contribution in [0.3, 0.4) is 0 Å². The van der Waals surface area contributed by atoms with Gasteiger partial charge in [-0.3, -0.25) is 15.0 Å². The quantitative estimate of drug-likeness (QED) is 0.335. The molecule has 0 bridgehead atoms. The molecule has 1 amide bonds. The third-order valence-corrected chi connectivity index (χ3v) is 5.80. The topological polar surface area (TPSA) is 117 Å². The molecule has 9 heteroatoms. The summed E-state index contributed by atoms with van der Waals surface area (Å²) in [6, 6.07) is 19.2. The minimum atomic E-state index is -0.709. The standard InChI is InChI=1S/C26H24FN7O/c1-34(2)14-22-29-26(33-31-22)18-8-11-21-20(13-18)24(32-30-21)17-5-3-4-16(12-17)23(25(28)35)15-6-9-19(27)10-7-15/h3-13,23H,14H2,1-2H3,(H2,28,35)(H,30,32)(H,29,31,33). The van der Waals surface area contributed by atoms with Gasteiger partial charge in [-0.2, -0.15) is 10.2 Å². The molecule has 3 aromatic carbocycles. The molecule has 4 N–H and O–H groups in total. The molecule has 5 aromatic rings. The van der Waals surface area contributed by atoms with E-state index in [2.05, 4.69) is 25.4 Å². The molecule has 0 aliphatic carbocycles. The second-order valence-electron chi connectivity index (χ2n) is 8.69. The van der Waals surface area contributed by atoms with Crippen molar-refractivity contribution in [3.05, 3.63) is 89.5 Å². The highest BCUT2D eigenvalue weighted by atomic mass is 19.1. The minimum Gasteiger partial charge on any atom is -0.369 e. The van der Waals surface area contributed by atoms with Gasteiger partial charge in [0.2, 0.25) is 5.91 Å². The molecule has 2 heterocycles. The summed E-state index contributed by atoms with van der Waals surface area (Å²) < 4.78 is 13.4. The maximum Gasteiger partial charge on any atom is 0.229 e. The van der Waals surface area contributed by atoms with Crippen LogP contribution in [0, 0.1) is 5.82 Å². The molecule has 0 radical (unpaired) electrons. The van der Waals surface area contributed by atoms with Crippen molar-refractivity contribution in [2.45, 2.75) is 12.5 Å². The first kappa shape index (κ1) is 22.4. The van der Waals surface area contributed by atoms with Crippen LogP contribution in [0.1, 0.15) is 22.9 Å². The molecule has 5 rings (SSSR count). The minimum absolute atomic E-state index is 0.371. The Hall–Kier alpha value is -4.37. The molecule has 0 saturated heterocycles. The maximum absolute atomic E-state index is 13.4. The van der Waals surface area contributed by atoms with Crippen molar-refractivity contribution in [3.8, 4) is 22.6 Å². The van der Waals surface area contributed by atoms with Crippen molar-refractivity contribution in [2.24, 2.45) is 5.73 Å². The van der Waals surface area contributed by atoms with Crippen LogP contribution in [0.5, 0.6) is 0 Å². The summed E-state index contributed by atoms with van der Waals surface area (Å²) in [5.74, 6) is -0.205. The third-order valence-electron chi connectivity index (χ3n) is 5.80. The van der Waals surface area contributed by atoms with E-state index < -0.39 is 11.8 Å². The lowest BCUT2D eigenvalue weighted by Gasteiger charge is -2.15. The highest BCUT2D eigenvalue weighted by Crippen LogP contribution is 2.32. The molecule has 0 spiro atoms. The molecule has 0 saturated carbocycles. The van der Waals surface area contributed by atoms with Crippen LogP contribution in [0.15, 0.2) is 66.7 Å². The highest BCUT2D eigenvalue weighted by molar-refractivity contribution is 5.95. The molecule has 0 aliphatic rings. The number of H-pyrrole nitrogens is 2. The number of halogens is 1. The number of amides is 1. The number of benzene rings is 3. The Kier molecular flexibility index (Phi) is 5.84. The number of rotatable bonds is 7. The fourth-order valence-corrected chi connectivity index (χ4v) is 4.21. The fraction of sp³-hybridized carbons (Fsp3) is 0.154. The Morgan fingerprint density at radius 3 is 2.51 bits per heavy atom. The summed E-state index contributed by atoms with van der Waals surface area (Å²) in [7, 11) is 3.94. The number of aromatic amines is 2. The number of nitrogens with one attached hydrogen (secondary N) is 2. The number of aromatic nitrogens is 5. The Labute approximate surface area is 201 Å². The van der Waals surface area contributed by atoms with Gasteiger partial charge in [0.05, 0.1) is 23.7 Å². The predicted octanol–water partition coefficient (Wildman–Crippen LogP) is 3.83. The number of hydrogen-bond donors (Lipinski definition) is 3. The van der Waals surface area contributed by atoms with Crippen LogP contribution in [-0.4, -0.2) is 50.3 Å². The average Bonchev–Trinajstić information content (AvgIpc) is 3.47. The summed E-state index contributed by atoms with van der Waals surface area (Å²) in [5.41, 5.74) is 10.4. The van der Waals surface area contributed by atoms with Crippen LogP contribution in [0.4, 0.5) is 4.39 Å². The fourth-order valence-electron chi connectivity index (χ4n) is 4.21. The van der Waals surface area contributed by atoms with Gasteiger partial charge >= 0.3 is 0 Å². The van der Waals surface area contributed by atoms with Crippen molar-refractivity contribution in [1.82, 2.24) is 30.3 Å². The zero-order chi connectivity index (χ0) is 24.5. The predicted molar refractivity (Wildman–Crippen MR) is 132 cm³/mol. The van der Waals surface area contributed by atoms with Gasteiger partial charge in [-0.1, -0.05) is 30.3 Å². The van der Waals surface area contributed by atoms with E-state index in [1.165, 1.54) is 12.1 Å². The van der Waals surface area contributed by atoms with Crippen LogP contribution in [0.2, 0.25) is 0 Å². The molecular formula is C26H24FN7O. The summed E-state index contributed by atoms with van der Waals surface area (Å²) in [6.45, 7) is 0.661. The summed E-state index contributed by atoms with van der Waals surface area (Å²) in [4.78, 5) is 19.0. The van der Waals surface area contributed by atoms with E-state index >= 15 is 0 Å². The van der Waals surface area contributed by atoms with E-state index in [0.29, 0.717) is 23.5 Å². The molecule has 176 valence electrons. The van der Waals surface area contributed by atoms with Crippen molar-refractivity contribution in [1.29, 1.82) is 0 Å². The molecule has 8 nitrogen and oxygen atoms in total. The van der Waals surface area contributed by atoms with Crippen LogP contribution in [-0.2, 0) is 11.3 Å². The normalized spacial score (nSPS) is 12.3. The molecular weight excluding hydrogens is 445 g/mol. The van der Waals surface area contributed by atoms with Gasteiger partial charge < -0.3 is 10.6 Å². The van der Waals surface area contributed by atoms with E-state index in [-0.39, 0.29) is 5.82 Å². The summed E-state index contributed by atoms with van der Waals surface area (Å²) in [6.07, 6.45) is 0. The summed E-state index contributed by atoms with van der Waals surface area (Å²) in [5, 5.41) is 15.8. The molecule has 1 unspecified atom stereocenters. The van der Waals surface area contributed by atoms with E-state index in [1.807, 2.05) is 61.5 Å². The number of fused-ring (bicyclic) bond motifs is 1. The molecule has 35 heavy (non-hydrogen) atoms. The van der Waals surface area contributed by atoms with Gasteiger partial charge in [0, 0.05) is 16.5 Å². The van der Waals surface area contributed by atoms with Gasteiger partial charge in [-0.05, 0) is 61.6 Å². The highest BCUT2D eigenvalue weighted by Gasteiger charge is 2.21. The second-order valence-corrected chi connectivity index (χ2v) is 8.69. The molecule has 0 aliphatic heterocycles. The second kappa shape index (κ2) is 9.11. The molecule has 1 atom stereocenters. The van der Waals surface area contributed by atoms with E-state index in [9.17, 15) is 9.18 Å². The van der Waals surface area contributed by atoms with Crippen LogP contribution < -0.4 is 5.73 Å². The smallest absolute Gasteiger partial charge is 0.229 e. The van der Waals surface area contributed by atoms with E-state index in [0.717, 1.165) is 33.5 Å². The number of carbonyl (C=O) groups excluding carboxylic acids is 1. The number of nitrogens with zero attached hydrogens (tertiary/aromatic N) is 4. The average molecular weight is 470 g/mol. The molecule has 0 fully saturated rings. The monoisotopic (exact) mass is 469 g/mol. The van der Waals surface area contributed by atoms with E-state index in [1.54, 1.807) is 12.1 Å². The van der Waals surface area contributed by atoms with Crippen LogP contribution in [0.25, 0.3) is 33.5 Å². The molecule has 2 aromatic heterocycles. The first-order valence-electron chi connectivity index (χ1n) is 11.1. The number of primary amides is 1. The van der Waals surface area contributed by atoms with Gasteiger partial charge in [-0.25, -0.2) is 9.37 Å². The van der Waals surface area contributed by atoms with Crippen molar-refractivity contribution >= 4 is 16.8 Å². The van der Waals surface area contributed by atoms with Crippen LogP contribution >= 0.6 is 0 Å². The maximum atomic E-state index is 13.4. The lowest BCUT2D eigenvalue weighted by Crippen LogP contribution is -2.22. The Morgan fingerprint density at radius 2 is 1.77 bits per heavy atom. The number of hydrogen-bond acceptors (Lipinski definition) is 5. The van der Waals surface area contributed by atoms with Crippen molar-refractivity contribution in [2.75, 3.05) is 14.1 Å². The lowest BCUT2D eigenvalue weighted by atomic mass is 9.89. The van der Waals surface area contributed by atoms with Gasteiger partial charge in [-0.15, -0.1) is 0 Å². The van der Waals surface area contributed by atoms with Gasteiger partial charge in [0.25, 0.3) is 0 Å². The third kappa shape index (κ3) is 4.53. The number of nitrogens with two attached hydrogens (primary N) is 1. The largest absolute Gasteiger partial charge is 0.369 e. The van der Waals surface area contributed by atoms with Gasteiger partial charge in [0.1, 0.15) is 11.6 Å². The first-order valence-corrected chi connectivity index (χ1v) is 11.1. The number of carbonyl (C=O) groups is 1. The van der Waals surface area contributed by atoms with E-state index in [4.69, 9.17) is 5.73 Å². The zero-order valence-electron chi connectivity index (χ0n) is 19.3. The first-order chi connectivity index (χ1) is 16.9. The lowest BCUT2D eigenvalue weighted by molar-refractivity contribution is -0.118. The van der Waals surface area contributed by atoms with Gasteiger partial charge in [0.15, 0.2) is 5.82 Å². The Balaban J connectivity index is 1.54. The SMILES string of the molecule is CN(C)Cc1nc(-c2ccc3[nH]nc(-c4cccc(C(C(N)=O)c5ccc(F)cc5)c4)c3c2)n[nH]1. The zero-order valence-corrected chi connectivity index (χ0v) is 19.3. The Bertz CT molecular complexity index is 1500. The van der Waals surface area contributed by atoms with Crippen molar-refractivity contribution in [3.63, 3.8) is 0 Å². The summed E-state index contributed by atoms with van der Waals surface area (Å²) >= 11 is 0.